The Kier molecular flexibility index (Phi) is 6.04. The van der Waals surface area contributed by atoms with Crippen LogP contribution in [-0.2, 0) is 4.74 Å². The van der Waals surface area contributed by atoms with Crippen LogP contribution < -0.4 is 10.2 Å². The van der Waals surface area contributed by atoms with E-state index < -0.39 is 0 Å². The van der Waals surface area contributed by atoms with Gasteiger partial charge in [-0.25, -0.2) is 4.90 Å². The number of anilines is 1. The number of rotatable bonds is 6. The van der Waals surface area contributed by atoms with Crippen molar-refractivity contribution >= 4 is 34.7 Å². The lowest BCUT2D eigenvalue weighted by Crippen LogP contribution is -2.43. The van der Waals surface area contributed by atoms with Gasteiger partial charge in [0, 0.05) is 30.1 Å². The maximum atomic E-state index is 13.0. The lowest BCUT2D eigenvalue weighted by Gasteiger charge is -2.34. The second-order valence-electron chi connectivity index (χ2n) is 7.93. The zero-order chi connectivity index (χ0) is 22.8. The van der Waals surface area contributed by atoms with Crippen molar-refractivity contribution in [3.05, 3.63) is 87.6 Å². The number of carbonyl (C=O) groups is 3. The Labute approximate surface area is 195 Å². The minimum absolute atomic E-state index is 0.0669. The first-order valence-corrected chi connectivity index (χ1v) is 11.7. The number of hydrogen-bond acceptors (Lipinski definition) is 6. The topological polar surface area (TPSA) is 79.0 Å². The van der Waals surface area contributed by atoms with Gasteiger partial charge in [-0.05, 0) is 41.8 Å². The molecule has 1 N–H and O–H groups in total. The monoisotopic (exact) mass is 461 g/mol. The molecule has 2 aliphatic heterocycles. The standard InChI is InChI=1S/C25H23N3O4S/c29-23(26-16-21(22-9-4-14-33-22)27-10-12-32-13-11-27)17-5-3-6-18(15-17)28-24(30)19-7-1-2-8-20(19)25(28)31/h1-9,14-15,21H,10-13,16H2,(H,26,29). The van der Waals surface area contributed by atoms with Crippen molar-refractivity contribution in [2.75, 3.05) is 37.7 Å². The predicted octanol–water partition coefficient (Wildman–Crippen LogP) is 3.35. The average Bonchev–Trinajstić information content (AvgIpc) is 3.47. The molecule has 2 aliphatic rings. The van der Waals surface area contributed by atoms with Crippen molar-refractivity contribution in [3.8, 4) is 0 Å². The second-order valence-corrected chi connectivity index (χ2v) is 8.91. The molecule has 3 amide bonds. The molecule has 7 nitrogen and oxygen atoms in total. The minimum atomic E-state index is -0.377. The lowest BCUT2D eigenvalue weighted by atomic mass is 10.1. The first kappa shape index (κ1) is 21.5. The van der Waals surface area contributed by atoms with Crippen LogP contribution in [0.25, 0.3) is 0 Å². The Bertz CT molecular complexity index is 1150. The van der Waals surface area contributed by atoms with Crippen LogP contribution in [-0.4, -0.2) is 55.5 Å². The highest BCUT2D eigenvalue weighted by Crippen LogP contribution is 2.29. The average molecular weight is 462 g/mol. The summed E-state index contributed by atoms with van der Waals surface area (Å²) in [6, 6.07) is 17.5. The molecular formula is C25H23N3O4S. The van der Waals surface area contributed by atoms with E-state index in [1.165, 1.54) is 4.88 Å². The van der Waals surface area contributed by atoms with Crippen molar-refractivity contribution < 1.29 is 19.1 Å². The van der Waals surface area contributed by atoms with Gasteiger partial charge in [-0.1, -0.05) is 24.3 Å². The smallest absolute Gasteiger partial charge is 0.266 e. The van der Waals surface area contributed by atoms with E-state index in [1.807, 2.05) is 11.4 Å². The van der Waals surface area contributed by atoms with E-state index in [1.54, 1.807) is 59.9 Å². The third kappa shape index (κ3) is 4.20. The van der Waals surface area contributed by atoms with Gasteiger partial charge in [-0.3, -0.25) is 19.3 Å². The maximum Gasteiger partial charge on any atom is 0.266 e. The van der Waals surface area contributed by atoms with Gasteiger partial charge in [-0.15, -0.1) is 11.3 Å². The van der Waals surface area contributed by atoms with Gasteiger partial charge in [-0.2, -0.15) is 0 Å². The molecule has 0 bridgehead atoms. The molecule has 2 aromatic carbocycles. The van der Waals surface area contributed by atoms with Crippen molar-refractivity contribution in [2.24, 2.45) is 0 Å². The van der Waals surface area contributed by atoms with Crippen LogP contribution in [0.2, 0.25) is 0 Å². The maximum absolute atomic E-state index is 13.0. The quantitative estimate of drug-likeness (QED) is 0.570. The molecule has 1 saturated heterocycles. The van der Waals surface area contributed by atoms with E-state index in [9.17, 15) is 14.4 Å². The summed E-state index contributed by atoms with van der Waals surface area (Å²) in [5, 5.41) is 5.08. The number of ether oxygens (including phenoxy) is 1. The van der Waals surface area contributed by atoms with Crippen molar-refractivity contribution in [1.29, 1.82) is 0 Å². The molecule has 0 aliphatic carbocycles. The molecule has 0 radical (unpaired) electrons. The summed E-state index contributed by atoms with van der Waals surface area (Å²) in [6.45, 7) is 3.44. The van der Waals surface area contributed by atoms with Gasteiger partial charge in [0.25, 0.3) is 17.7 Å². The highest BCUT2D eigenvalue weighted by molar-refractivity contribution is 7.10. The first-order valence-electron chi connectivity index (χ1n) is 10.8. The van der Waals surface area contributed by atoms with Gasteiger partial charge in [0.2, 0.25) is 0 Å². The summed E-state index contributed by atoms with van der Waals surface area (Å²) in [5.41, 5.74) is 1.54. The van der Waals surface area contributed by atoms with E-state index in [0.29, 0.717) is 42.1 Å². The Morgan fingerprint density at radius 1 is 0.970 bits per heavy atom. The zero-order valence-corrected chi connectivity index (χ0v) is 18.7. The van der Waals surface area contributed by atoms with Gasteiger partial charge < -0.3 is 10.1 Å². The number of imide groups is 1. The Hall–Kier alpha value is -3.33. The summed E-state index contributed by atoms with van der Waals surface area (Å²) >= 11 is 1.67. The molecule has 1 atom stereocenters. The van der Waals surface area contributed by atoms with E-state index in [2.05, 4.69) is 16.3 Å². The molecule has 5 rings (SSSR count). The number of thiophene rings is 1. The fourth-order valence-electron chi connectivity index (χ4n) is 4.28. The van der Waals surface area contributed by atoms with Crippen LogP contribution in [0, 0.1) is 0 Å². The van der Waals surface area contributed by atoms with E-state index in [-0.39, 0.29) is 23.8 Å². The summed E-state index contributed by atoms with van der Waals surface area (Å²) < 4.78 is 5.48. The van der Waals surface area contributed by atoms with Crippen molar-refractivity contribution in [1.82, 2.24) is 10.2 Å². The third-order valence-electron chi connectivity index (χ3n) is 5.97. The Morgan fingerprint density at radius 2 is 1.70 bits per heavy atom. The number of nitrogens with zero attached hydrogens (tertiary/aromatic N) is 2. The molecule has 3 heterocycles. The van der Waals surface area contributed by atoms with Gasteiger partial charge in [0.15, 0.2) is 0 Å². The van der Waals surface area contributed by atoms with Crippen LogP contribution in [0.4, 0.5) is 5.69 Å². The van der Waals surface area contributed by atoms with E-state index in [0.717, 1.165) is 18.0 Å². The fraction of sp³-hybridized carbons (Fsp3) is 0.240. The molecule has 1 unspecified atom stereocenters. The van der Waals surface area contributed by atoms with Crippen molar-refractivity contribution in [2.45, 2.75) is 6.04 Å². The summed E-state index contributed by atoms with van der Waals surface area (Å²) in [7, 11) is 0. The number of hydrogen-bond donors (Lipinski definition) is 1. The summed E-state index contributed by atoms with van der Waals surface area (Å²) in [6.07, 6.45) is 0. The van der Waals surface area contributed by atoms with Gasteiger partial charge in [0.05, 0.1) is 36.1 Å². The second kappa shape index (κ2) is 9.27. The Morgan fingerprint density at radius 3 is 2.36 bits per heavy atom. The molecule has 33 heavy (non-hydrogen) atoms. The molecule has 0 saturated carbocycles. The highest BCUT2D eigenvalue weighted by atomic mass is 32.1. The summed E-state index contributed by atoms with van der Waals surface area (Å²) in [5.74, 6) is -1.00. The molecule has 3 aromatic rings. The van der Waals surface area contributed by atoms with Crippen LogP contribution >= 0.6 is 11.3 Å². The number of fused-ring (bicyclic) bond motifs is 1. The van der Waals surface area contributed by atoms with Crippen LogP contribution in [0.3, 0.4) is 0 Å². The largest absolute Gasteiger partial charge is 0.379 e. The van der Waals surface area contributed by atoms with E-state index in [4.69, 9.17) is 4.74 Å². The van der Waals surface area contributed by atoms with Gasteiger partial charge in [0.1, 0.15) is 0 Å². The molecular weight excluding hydrogens is 438 g/mol. The molecule has 8 heteroatoms. The molecule has 0 spiro atoms. The van der Waals surface area contributed by atoms with Crippen molar-refractivity contribution in [3.63, 3.8) is 0 Å². The predicted molar refractivity (Wildman–Crippen MR) is 126 cm³/mol. The Balaban J connectivity index is 1.32. The fourth-order valence-corrected chi connectivity index (χ4v) is 5.14. The third-order valence-corrected chi connectivity index (χ3v) is 6.95. The molecule has 168 valence electrons. The van der Waals surface area contributed by atoms with Crippen LogP contribution in [0.5, 0.6) is 0 Å². The SMILES string of the molecule is O=C(NCC(c1cccs1)N1CCOCC1)c1cccc(N2C(=O)c3ccccc3C2=O)c1. The zero-order valence-electron chi connectivity index (χ0n) is 17.9. The van der Waals surface area contributed by atoms with Gasteiger partial charge >= 0.3 is 0 Å². The van der Waals surface area contributed by atoms with Crippen LogP contribution in [0.15, 0.2) is 66.0 Å². The summed E-state index contributed by atoms with van der Waals surface area (Å²) in [4.78, 5) is 43.3. The van der Waals surface area contributed by atoms with E-state index >= 15 is 0 Å². The normalized spacial score (nSPS) is 17.2. The molecule has 1 fully saturated rings. The number of nitrogens with one attached hydrogen (secondary N) is 1. The molecule has 1 aromatic heterocycles. The number of amides is 3. The first-order chi connectivity index (χ1) is 16.1. The van der Waals surface area contributed by atoms with Crippen LogP contribution in [0.1, 0.15) is 42.0 Å². The number of benzene rings is 2. The minimum Gasteiger partial charge on any atom is -0.379 e. The number of morpholine rings is 1. The number of carbonyl (C=O) groups excluding carboxylic acids is 3. The lowest BCUT2D eigenvalue weighted by molar-refractivity contribution is 0.0169. The highest BCUT2D eigenvalue weighted by Gasteiger charge is 2.36.